The third-order valence-electron chi connectivity index (χ3n) is 13.7. The summed E-state index contributed by atoms with van der Waals surface area (Å²) in [7, 11) is 0. The van der Waals surface area contributed by atoms with Crippen molar-refractivity contribution in [2.75, 3.05) is 0 Å². The molecule has 0 saturated heterocycles. The van der Waals surface area contributed by atoms with Crippen LogP contribution in [0, 0.1) is 5.92 Å². The highest BCUT2D eigenvalue weighted by Gasteiger charge is 2.52. The van der Waals surface area contributed by atoms with Gasteiger partial charge in [0.15, 0.2) is 0 Å². The van der Waals surface area contributed by atoms with Gasteiger partial charge >= 0.3 is 0 Å². The van der Waals surface area contributed by atoms with Gasteiger partial charge in [0, 0.05) is 33.2 Å². The maximum atomic E-state index is 5.48. The summed E-state index contributed by atoms with van der Waals surface area (Å²) in [5.41, 5.74) is 20.6. The summed E-state index contributed by atoms with van der Waals surface area (Å²) in [5.74, 6) is 1.37. The molecule has 7 aromatic carbocycles. The highest BCUT2D eigenvalue weighted by atomic mass is 32.2. The molecule has 1 spiro atoms. The summed E-state index contributed by atoms with van der Waals surface area (Å²) in [6, 6.07) is 63.1. The summed E-state index contributed by atoms with van der Waals surface area (Å²) in [6.45, 7) is 0. The number of fused-ring (bicyclic) bond motifs is 14. The van der Waals surface area contributed by atoms with Gasteiger partial charge in [-0.3, -0.25) is 4.57 Å². The van der Waals surface area contributed by atoms with E-state index in [1.807, 2.05) is 11.8 Å². The van der Waals surface area contributed by atoms with Crippen LogP contribution in [0.15, 0.2) is 211 Å². The predicted octanol–water partition coefficient (Wildman–Crippen LogP) is 13.6. The molecule has 5 aliphatic rings. The van der Waals surface area contributed by atoms with E-state index in [9.17, 15) is 0 Å². The number of rotatable bonds is 4. The maximum absolute atomic E-state index is 5.48. The second-order valence-corrected chi connectivity index (χ2v) is 17.7. The molecular weight excluding hydrogens is 733 g/mol. The first-order valence-electron chi connectivity index (χ1n) is 20.8. The minimum Gasteiger partial charge on any atom is -0.293 e. The summed E-state index contributed by atoms with van der Waals surface area (Å²) in [6.07, 6.45) is 12.9. The van der Waals surface area contributed by atoms with E-state index in [1.165, 1.54) is 77.2 Å². The highest BCUT2D eigenvalue weighted by Crippen LogP contribution is 2.63. The standard InChI is InChI=1S/C56H38N2S/c1-2-15-37(16-3-1)58-52-27-12-11-26-51(52)57-55(58)45-32-30-35(38-21-14-22-44-43-20-7-13-28-53(43)59-54(38)44)33-46(45)36-29-31-42-41-19-6-10-25-49(41)56(50(42)34-36)47-23-8-4-17-39(47)40-18-5-9-24-48(40)56/h1-32,34,38,46,54H,33H2. The van der Waals surface area contributed by atoms with Crippen LogP contribution in [0.3, 0.4) is 0 Å². The minimum absolute atomic E-state index is 0.0729. The second-order valence-electron chi connectivity index (χ2n) is 16.5. The molecule has 0 amide bonds. The van der Waals surface area contributed by atoms with E-state index in [1.54, 1.807) is 0 Å². The Bertz CT molecular complexity index is 3130. The fraction of sp³-hybridized carbons (Fsp3) is 0.0893. The van der Waals surface area contributed by atoms with Crippen LogP contribution in [0.5, 0.6) is 0 Å². The number of para-hydroxylation sites is 3. The molecule has 0 N–H and O–H groups in total. The van der Waals surface area contributed by atoms with Crippen molar-refractivity contribution in [3.05, 3.63) is 245 Å². The third-order valence-corrected chi connectivity index (χ3v) is 15.1. The molecule has 59 heavy (non-hydrogen) atoms. The highest BCUT2D eigenvalue weighted by molar-refractivity contribution is 8.01. The van der Waals surface area contributed by atoms with Crippen LogP contribution in [0.2, 0.25) is 0 Å². The van der Waals surface area contributed by atoms with Gasteiger partial charge < -0.3 is 0 Å². The van der Waals surface area contributed by atoms with Crippen molar-refractivity contribution in [3.63, 3.8) is 0 Å². The van der Waals surface area contributed by atoms with Crippen molar-refractivity contribution in [3.8, 4) is 27.9 Å². The molecule has 1 aliphatic heterocycles. The summed E-state index contributed by atoms with van der Waals surface area (Å²) in [5, 5.41) is 0.359. The lowest BCUT2D eigenvalue weighted by atomic mass is 9.69. The smallest absolute Gasteiger partial charge is 0.142 e. The number of hydrogen-bond donors (Lipinski definition) is 0. The molecule has 278 valence electrons. The van der Waals surface area contributed by atoms with Crippen LogP contribution in [0.25, 0.3) is 50.1 Å². The zero-order valence-corrected chi connectivity index (χ0v) is 33.1. The van der Waals surface area contributed by atoms with Gasteiger partial charge in [-0.2, -0.15) is 0 Å². The molecule has 13 rings (SSSR count). The van der Waals surface area contributed by atoms with Gasteiger partial charge in [0.25, 0.3) is 0 Å². The summed E-state index contributed by atoms with van der Waals surface area (Å²) >= 11 is 2.03. The van der Waals surface area contributed by atoms with Crippen molar-refractivity contribution < 1.29 is 0 Å². The van der Waals surface area contributed by atoms with E-state index < -0.39 is 5.41 Å². The van der Waals surface area contributed by atoms with Crippen molar-refractivity contribution >= 4 is 33.9 Å². The first-order chi connectivity index (χ1) is 29.3. The third kappa shape index (κ3) is 4.62. The average molecular weight is 771 g/mol. The Morgan fingerprint density at radius 1 is 0.542 bits per heavy atom. The van der Waals surface area contributed by atoms with Gasteiger partial charge in [-0.05, 0) is 98.0 Å². The fourth-order valence-corrected chi connectivity index (χ4v) is 12.7. The number of thioether (sulfide) groups is 1. The normalized spacial score (nSPS) is 19.9. The largest absolute Gasteiger partial charge is 0.293 e. The number of allylic oxidation sites excluding steroid dienone is 7. The number of nitrogens with zero attached hydrogens (tertiary/aromatic N) is 2. The molecule has 0 bridgehead atoms. The Kier molecular flexibility index (Phi) is 7.15. The summed E-state index contributed by atoms with van der Waals surface area (Å²) in [4.78, 5) is 6.87. The number of hydrogen-bond acceptors (Lipinski definition) is 2. The van der Waals surface area contributed by atoms with Crippen LogP contribution in [0.4, 0.5) is 0 Å². The maximum Gasteiger partial charge on any atom is 0.142 e. The van der Waals surface area contributed by atoms with Gasteiger partial charge in [0.1, 0.15) is 5.82 Å². The van der Waals surface area contributed by atoms with Crippen LogP contribution < -0.4 is 0 Å². The van der Waals surface area contributed by atoms with E-state index in [2.05, 4.69) is 205 Å². The van der Waals surface area contributed by atoms with E-state index >= 15 is 0 Å². The molecule has 0 saturated carbocycles. The summed E-state index contributed by atoms with van der Waals surface area (Å²) < 4.78 is 2.38. The van der Waals surface area contributed by atoms with Crippen molar-refractivity contribution in [2.45, 2.75) is 27.9 Å². The van der Waals surface area contributed by atoms with E-state index in [4.69, 9.17) is 4.98 Å². The Labute approximate surface area is 348 Å². The van der Waals surface area contributed by atoms with Gasteiger partial charge in [-0.1, -0.05) is 175 Å². The molecule has 2 nitrogen and oxygen atoms in total. The van der Waals surface area contributed by atoms with Crippen LogP contribution in [-0.4, -0.2) is 14.8 Å². The van der Waals surface area contributed by atoms with Crippen molar-refractivity contribution in [1.29, 1.82) is 0 Å². The van der Waals surface area contributed by atoms with E-state index in [0.717, 1.165) is 29.0 Å². The van der Waals surface area contributed by atoms with Crippen molar-refractivity contribution in [2.24, 2.45) is 5.92 Å². The van der Waals surface area contributed by atoms with Gasteiger partial charge in [-0.15, -0.1) is 11.8 Å². The quantitative estimate of drug-likeness (QED) is 0.177. The molecule has 8 aromatic rings. The van der Waals surface area contributed by atoms with Gasteiger partial charge in [0.05, 0.1) is 16.4 Å². The lowest BCUT2D eigenvalue weighted by Gasteiger charge is -2.34. The first-order valence-corrected chi connectivity index (χ1v) is 21.7. The van der Waals surface area contributed by atoms with E-state index in [0.29, 0.717) is 11.2 Å². The van der Waals surface area contributed by atoms with E-state index in [-0.39, 0.29) is 5.92 Å². The molecule has 0 radical (unpaired) electrons. The zero-order valence-electron chi connectivity index (χ0n) is 32.3. The second kappa shape index (κ2) is 12.7. The monoisotopic (exact) mass is 770 g/mol. The molecule has 3 unspecified atom stereocenters. The molecule has 4 aliphatic carbocycles. The fourth-order valence-electron chi connectivity index (χ4n) is 11.2. The zero-order chi connectivity index (χ0) is 38.7. The van der Waals surface area contributed by atoms with Crippen molar-refractivity contribution in [1.82, 2.24) is 9.55 Å². The minimum atomic E-state index is -0.401. The lowest BCUT2D eigenvalue weighted by Crippen LogP contribution is -2.26. The first kappa shape index (κ1) is 33.3. The molecule has 3 heteroatoms. The lowest BCUT2D eigenvalue weighted by molar-refractivity contribution is 0.695. The Morgan fingerprint density at radius 3 is 1.92 bits per heavy atom. The van der Waals surface area contributed by atoms with Gasteiger partial charge in [-0.25, -0.2) is 4.98 Å². The van der Waals surface area contributed by atoms with Crippen LogP contribution >= 0.6 is 11.8 Å². The van der Waals surface area contributed by atoms with Gasteiger partial charge in [0.2, 0.25) is 0 Å². The average Bonchev–Trinajstić information content (AvgIpc) is 4.04. The number of imidazole rings is 1. The Balaban J connectivity index is 1.03. The van der Waals surface area contributed by atoms with Crippen LogP contribution in [-0.2, 0) is 5.41 Å². The number of benzene rings is 7. The number of aromatic nitrogens is 2. The SMILES string of the molecule is C1=CC(C2=CC=C(c3nc4ccccc4n3-c3ccccc3)C(c3ccc4c(c3)C3(c5ccccc5-c5ccccc53)c3ccccc3-4)C2)C2Sc3ccccc3C2=C1. The molecule has 3 atom stereocenters. The Morgan fingerprint density at radius 2 is 1.17 bits per heavy atom. The molecule has 1 aromatic heterocycles. The molecular formula is C56H38N2S. The molecule has 0 fully saturated rings. The Hall–Kier alpha value is -6.68. The topological polar surface area (TPSA) is 17.8 Å². The van der Waals surface area contributed by atoms with Crippen LogP contribution in [0.1, 0.15) is 51.5 Å². The molecule has 2 heterocycles. The predicted molar refractivity (Wildman–Crippen MR) is 244 cm³/mol.